The van der Waals surface area contributed by atoms with Crippen molar-refractivity contribution in [2.45, 2.75) is 38.6 Å². The lowest BCUT2D eigenvalue weighted by molar-refractivity contribution is 0.517. The van der Waals surface area contributed by atoms with Gasteiger partial charge in [0.05, 0.1) is 5.69 Å². The fraction of sp³-hybridized carbons (Fsp3) is 0.462. The predicted octanol–water partition coefficient (Wildman–Crippen LogP) is 0.591. The molecule has 1 aliphatic carbocycles. The van der Waals surface area contributed by atoms with Crippen LogP contribution < -0.4 is 16.8 Å². The van der Waals surface area contributed by atoms with Crippen molar-refractivity contribution in [3.05, 3.63) is 22.1 Å². The third-order valence-electron chi connectivity index (χ3n) is 3.82. The lowest BCUT2D eigenvalue weighted by Crippen LogP contribution is -2.36. The Kier molecular flexibility index (Phi) is 2.80. The zero-order valence-corrected chi connectivity index (χ0v) is 10.9. The van der Waals surface area contributed by atoms with E-state index in [1.54, 1.807) is 10.6 Å². The highest BCUT2D eigenvalue weighted by atomic mass is 16.1. The number of pyridine rings is 1. The van der Waals surface area contributed by atoms with E-state index < -0.39 is 0 Å². The van der Waals surface area contributed by atoms with Crippen LogP contribution in [0, 0.1) is 6.92 Å². The first kappa shape index (κ1) is 12.2. The molecule has 0 bridgehead atoms. The number of hydrogen-bond acceptors (Lipinski definition) is 4. The van der Waals surface area contributed by atoms with E-state index >= 15 is 0 Å². The lowest BCUT2D eigenvalue weighted by Gasteiger charge is -2.18. The average molecular weight is 254 g/mol. The van der Waals surface area contributed by atoms with Crippen LogP contribution in [0.25, 0.3) is 11.0 Å². The summed E-state index contributed by atoms with van der Waals surface area (Å²) >= 11 is 0. The van der Waals surface area contributed by atoms with E-state index in [2.05, 4.69) is 9.97 Å². The van der Waals surface area contributed by atoms with Gasteiger partial charge < -0.3 is 5.73 Å². The molecule has 0 saturated heterocycles. The molecule has 6 heteroatoms. The molecule has 0 unspecified atom stereocenters. The van der Waals surface area contributed by atoms with Crippen molar-refractivity contribution in [3.63, 3.8) is 0 Å². The summed E-state index contributed by atoms with van der Waals surface area (Å²) in [5.41, 5.74) is 7.15. The van der Waals surface area contributed by atoms with Crippen molar-refractivity contribution in [1.82, 2.24) is 14.5 Å². The van der Waals surface area contributed by atoms with Crippen LogP contribution in [-0.4, -0.2) is 22.4 Å². The lowest BCUT2D eigenvalue weighted by atomic mass is 9.96. The molecule has 2 radical (unpaired) electrons. The number of nitrogen functional groups attached to an aromatic ring is 1. The second-order valence-corrected chi connectivity index (χ2v) is 5.12. The molecule has 0 spiro atoms. The highest BCUT2D eigenvalue weighted by Crippen LogP contribution is 2.30. The Bertz CT molecular complexity index is 704. The molecule has 3 rings (SSSR count). The maximum Gasteiger partial charge on any atom is 0.245 e. The molecule has 1 saturated carbocycles. The van der Waals surface area contributed by atoms with Crippen molar-refractivity contribution in [1.29, 1.82) is 0 Å². The van der Waals surface area contributed by atoms with Gasteiger partial charge in [-0.15, -0.1) is 0 Å². The minimum absolute atomic E-state index is 0.170. The first-order chi connectivity index (χ1) is 9.08. The molecule has 0 atom stereocenters. The molecule has 19 heavy (non-hydrogen) atoms. The third-order valence-corrected chi connectivity index (χ3v) is 3.82. The fourth-order valence-corrected chi connectivity index (χ4v) is 2.89. The van der Waals surface area contributed by atoms with E-state index in [0.717, 1.165) is 36.8 Å². The number of anilines is 1. The van der Waals surface area contributed by atoms with Crippen LogP contribution in [0.5, 0.6) is 0 Å². The van der Waals surface area contributed by atoms with Gasteiger partial charge in [0.2, 0.25) is 11.5 Å². The quantitative estimate of drug-likeness (QED) is 0.756. The number of rotatable bonds is 1. The predicted molar refractivity (Wildman–Crippen MR) is 75.8 cm³/mol. The van der Waals surface area contributed by atoms with Gasteiger partial charge in [-0.2, -0.15) is 4.98 Å². The van der Waals surface area contributed by atoms with Gasteiger partial charge in [-0.1, -0.05) is 18.9 Å². The number of nitrogens with zero attached hydrogens (tertiary/aromatic N) is 3. The summed E-state index contributed by atoms with van der Waals surface area (Å²) in [7, 11) is 5.84. The maximum atomic E-state index is 12.3. The second-order valence-electron chi connectivity index (χ2n) is 5.12. The molecular weight excluding hydrogens is 239 g/mol. The summed E-state index contributed by atoms with van der Waals surface area (Å²) in [6, 6.07) is 1.82. The average Bonchev–Trinajstić information content (AvgIpc) is 2.85. The van der Waals surface area contributed by atoms with Gasteiger partial charge in [-0.3, -0.25) is 9.36 Å². The molecule has 0 aromatic carbocycles. The van der Waals surface area contributed by atoms with Crippen LogP contribution in [0.15, 0.2) is 10.9 Å². The van der Waals surface area contributed by atoms with Crippen molar-refractivity contribution in [2.75, 3.05) is 5.73 Å². The minimum atomic E-state index is -0.170. The number of aryl methyl sites for hydroxylation is 1. The molecule has 1 fully saturated rings. The van der Waals surface area contributed by atoms with Crippen molar-refractivity contribution in [3.8, 4) is 0 Å². The van der Waals surface area contributed by atoms with Crippen LogP contribution in [0.1, 0.15) is 37.4 Å². The Labute approximate surface area is 112 Å². The van der Waals surface area contributed by atoms with Gasteiger partial charge in [0.1, 0.15) is 13.5 Å². The highest BCUT2D eigenvalue weighted by molar-refractivity contribution is 6.32. The smallest absolute Gasteiger partial charge is 0.245 e. The van der Waals surface area contributed by atoms with Gasteiger partial charge in [0, 0.05) is 11.4 Å². The van der Waals surface area contributed by atoms with E-state index in [9.17, 15) is 4.79 Å². The fourth-order valence-electron chi connectivity index (χ4n) is 2.89. The summed E-state index contributed by atoms with van der Waals surface area (Å²) in [4.78, 5) is 20.7. The summed E-state index contributed by atoms with van der Waals surface area (Å²) in [6.45, 7) is 1.85. The first-order valence-corrected chi connectivity index (χ1v) is 6.53. The summed E-state index contributed by atoms with van der Waals surface area (Å²) < 4.78 is 1.71. The summed E-state index contributed by atoms with van der Waals surface area (Å²) in [5.74, 6) is 0.195. The van der Waals surface area contributed by atoms with Gasteiger partial charge in [0.15, 0.2) is 0 Å². The Balaban J connectivity index is 2.39. The molecule has 2 N–H and O–H groups in total. The normalized spacial score (nSPS) is 16.3. The van der Waals surface area contributed by atoms with Gasteiger partial charge in [0.25, 0.3) is 0 Å². The molecule has 2 heterocycles. The summed E-state index contributed by atoms with van der Waals surface area (Å²) in [5, 5.41) is 0.804. The molecule has 96 valence electrons. The summed E-state index contributed by atoms with van der Waals surface area (Å²) in [6.07, 6.45) is 4.24. The Morgan fingerprint density at radius 1 is 1.37 bits per heavy atom. The van der Waals surface area contributed by atoms with Crippen molar-refractivity contribution in [2.24, 2.45) is 0 Å². The van der Waals surface area contributed by atoms with Crippen LogP contribution in [0.4, 0.5) is 5.95 Å². The number of hydrogen-bond donors (Lipinski definition) is 1. The minimum Gasteiger partial charge on any atom is -0.368 e. The van der Waals surface area contributed by atoms with Gasteiger partial charge in [-0.05, 0) is 25.2 Å². The van der Waals surface area contributed by atoms with Crippen LogP contribution in [0.3, 0.4) is 0 Å². The van der Waals surface area contributed by atoms with E-state index in [1.807, 2.05) is 6.92 Å². The van der Waals surface area contributed by atoms with Gasteiger partial charge in [-0.25, -0.2) is 4.98 Å². The largest absolute Gasteiger partial charge is 0.368 e. The topological polar surface area (TPSA) is 73.8 Å². The van der Waals surface area contributed by atoms with Crippen molar-refractivity contribution < 1.29 is 0 Å². The van der Waals surface area contributed by atoms with Crippen LogP contribution >= 0.6 is 0 Å². The molecule has 5 nitrogen and oxygen atoms in total. The maximum absolute atomic E-state index is 12.3. The molecule has 0 aliphatic heterocycles. The van der Waals surface area contributed by atoms with Crippen molar-refractivity contribution >= 4 is 30.3 Å². The molecule has 2 aromatic heterocycles. The van der Waals surface area contributed by atoms with Crippen LogP contribution in [-0.2, 0) is 0 Å². The highest BCUT2D eigenvalue weighted by Gasteiger charge is 2.22. The van der Waals surface area contributed by atoms with E-state index in [0.29, 0.717) is 5.65 Å². The van der Waals surface area contributed by atoms with E-state index in [-0.39, 0.29) is 23.0 Å². The van der Waals surface area contributed by atoms with Crippen LogP contribution in [0.2, 0.25) is 0 Å². The Hall–Kier alpha value is -1.85. The monoisotopic (exact) mass is 254 g/mol. The van der Waals surface area contributed by atoms with E-state index in [4.69, 9.17) is 13.6 Å². The zero-order valence-electron chi connectivity index (χ0n) is 10.9. The molecule has 0 amide bonds. The number of aromatic nitrogens is 3. The molecule has 1 aliphatic rings. The zero-order chi connectivity index (χ0) is 13.6. The SMILES string of the molecule is [B]c1cc2c(C)nc(N)nc2n(C2CCCC2)c1=O. The molecular formula is C13H15BN4O. The second kappa shape index (κ2) is 4.37. The van der Waals surface area contributed by atoms with E-state index in [1.165, 1.54) is 0 Å². The first-order valence-electron chi connectivity index (χ1n) is 6.53. The molecule has 2 aromatic rings. The van der Waals surface area contributed by atoms with Gasteiger partial charge >= 0.3 is 0 Å². The Morgan fingerprint density at radius 3 is 2.74 bits per heavy atom. The third kappa shape index (κ3) is 1.91. The Morgan fingerprint density at radius 2 is 2.05 bits per heavy atom. The number of nitrogens with two attached hydrogens (primary N) is 1. The number of fused-ring (bicyclic) bond motifs is 1. The standard InChI is InChI=1S/C13H15BN4O/c1-7-9-6-10(14)12(19)18(8-4-2-3-5-8)11(9)17-13(15)16-7/h6,8H,2-5H2,1H3,(H2,15,16,17).